The predicted molar refractivity (Wildman–Crippen MR) is 157 cm³/mol. The van der Waals surface area contributed by atoms with Crippen molar-refractivity contribution in [2.45, 2.75) is 45.3 Å². The number of fused-ring (bicyclic) bond motifs is 2. The Labute approximate surface area is 234 Å². The fourth-order valence-electron chi connectivity index (χ4n) is 5.31. The molecule has 1 aliphatic heterocycles. The van der Waals surface area contributed by atoms with Crippen LogP contribution in [0.2, 0.25) is 0 Å². The molecule has 0 aliphatic carbocycles. The number of amides is 3. The average molecular weight is 536 g/mol. The first-order chi connectivity index (χ1) is 19.2. The van der Waals surface area contributed by atoms with Crippen LogP contribution < -0.4 is 10.2 Å². The number of rotatable bonds is 6. The molecule has 0 radical (unpaired) electrons. The van der Waals surface area contributed by atoms with Gasteiger partial charge in [-0.25, -0.2) is 4.79 Å². The van der Waals surface area contributed by atoms with Crippen molar-refractivity contribution in [2.24, 2.45) is 0 Å². The second-order valence-corrected chi connectivity index (χ2v) is 10.4. The Balaban J connectivity index is 1.57. The topological polar surface area (TPSA) is 90.0 Å². The molecule has 0 unspecified atom stereocenters. The zero-order valence-electron chi connectivity index (χ0n) is 22.9. The van der Waals surface area contributed by atoms with Gasteiger partial charge < -0.3 is 15.3 Å². The molecule has 2 atom stereocenters. The van der Waals surface area contributed by atoms with Crippen molar-refractivity contribution in [3.05, 3.63) is 102 Å². The summed E-state index contributed by atoms with van der Waals surface area (Å²) in [5.41, 5.74) is 6.04. The first kappa shape index (κ1) is 26.9. The largest absolute Gasteiger partial charge is 0.465 e. The lowest BCUT2D eigenvalue weighted by molar-refractivity contribution is -0.130. The number of carboxylic acid groups (broad SMARTS) is 1. The SMILES string of the molecule is Cc1ccc2ccccc2c1CN1C(=O)[C@@H](NC(=O)[C@H](C)N(C)C(=O)O)CCc2ccc(-c3ccccc3)cc21. The molecule has 0 bridgehead atoms. The van der Waals surface area contributed by atoms with Crippen LogP contribution in [0.1, 0.15) is 30.0 Å². The van der Waals surface area contributed by atoms with Crippen LogP contribution in [0.4, 0.5) is 10.5 Å². The van der Waals surface area contributed by atoms with E-state index in [-0.39, 0.29) is 5.91 Å². The Bertz CT molecular complexity index is 1580. The molecule has 3 amide bonds. The molecule has 0 saturated heterocycles. The highest BCUT2D eigenvalue weighted by Gasteiger charge is 2.34. The predicted octanol–water partition coefficient (Wildman–Crippen LogP) is 5.78. The quantitative estimate of drug-likeness (QED) is 0.328. The lowest BCUT2D eigenvalue weighted by atomic mass is 9.98. The number of carbonyl (C=O) groups excluding carboxylic acids is 2. The van der Waals surface area contributed by atoms with Crippen LogP contribution >= 0.6 is 0 Å². The number of hydrogen-bond acceptors (Lipinski definition) is 3. The Hall–Kier alpha value is -4.65. The van der Waals surface area contributed by atoms with Gasteiger partial charge in [0.15, 0.2) is 0 Å². The minimum Gasteiger partial charge on any atom is -0.465 e. The second-order valence-electron chi connectivity index (χ2n) is 10.4. The smallest absolute Gasteiger partial charge is 0.407 e. The summed E-state index contributed by atoms with van der Waals surface area (Å²) in [5, 5.41) is 14.4. The summed E-state index contributed by atoms with van der Waals surface area (Å²) < 4.78 is 0. The van der Waals surface area contributed by atoms with E-state index < -0.39 is 24.1 Å². The molecular weight excluding hydrogens is 502 g/mol. The fourth-order valence-corrected chi connectivity index (χ4v) is 5.31. The Morgan fingerprint density at radius 2 is 1.73 bits per heavy atom. The number of anilines is 1. The molecule has 1 aliphatic rings. The summed E-state index contributed by atoms with van der Waals surface area (Å²) >= 11 is 0. The van der Waals surface area contributed by atoms with E-state index in [0.717, 1.165) is 49.2 Å². The maximum Gasteiger partial charge on any atom is 0.407 e. The summed E-state index contributed by atoms with van der Waals surface area (Å²) in [6.45, 7) is 3.91. The standard InChI is InChI=1S/C33H33N3O4/c1-21-13-14-24-11-7-8-12-27(24)28(21)20-36-30-19-26(23-9-5-4-6-10-23)16-15-25(30)17-18-29(32(36)38)34-31(37)22(2)35(3)33(39)40/h4-16,19,22,29H,17-18,20H2,1-3H3,(H,34,37)(H,39,40)/t22-,29-/m0/s1. The van der Waals surface area contributed by atoms with Gasteiger partial charge in [-0.1, -0.05) is 78.9 Å². The molecule has 204 valence electrons. The van der Waals surface area contributed by atoms with E-state index in [9.17, 15) is 19.5 Å². The van der Waals surface area contributed by atoms with Gasteiger partial charge in [0, 0.05) is 12.7 Å². The number of benzene rings is 4. The molecule has 0 aromatic heterocycles. The molecule has 4 aromatic rings. The highest BCUT2D eigenvalue weighted by atomic mass is 16.4. The number of nitrogens with one attached hydrogen (secondary N) is 1. The molecule has 0 saturated carbocycles. The van der Waals surface area contributed by atoms with Crippen LogP contribution in [-0.4, -0.2) is 47.0 Å². The van der Waals surface area contributed by atoms with E-state index in [4.69, 9.17) is 0 Å². The normalized spacial score (nSPS) is 15.7. The van der Waals surface area contributed by atoms with Crippen molar-refractivity contribution in [2.75, 3.05) is 11.9 Å². The van der Waals surface area contributed by atoms with E-state index in [1.807, 2.05) is 49.4 Å². The van der Waals surface area contributed by atoms with Crippen LogP contribution in [0.5, 0.6) is 0 Å². The van der Waals surface area contributed by atoms with E-state index in [1.54, 1.807) is 4.90 Å². The van der Waals surface area contributed by atoms with Crippen molar-refractivity contribution in [1.29, 1.82) is 0 Å². The summed E-state index contributed by atoms with van der Waals surface area (Å²) in [6, 6.07) is 26.8. The molecule has 5 rings (SSSR count). The maximum absolute atomic E-state index is 14.3. The number of likely N-dealkylation sites (N-methyl/N-ethyl adjacent to an activating group) is 1. The van der Waals surface area contributed by atoms with Gasteiger partial charge in [-0.2, -0.15) is 0 Å². The van der Waals surface area contributed by atoms with Crippen molar-refractivity contribution < 1.29 is 19.5 Å². The fraction of sp³-hybridized carbons (Fsp3) is 0.242. The minimum absolute atomic E-state index is 0.213. The first-order valence-electron chi connectivity index (χ1n) is 13.5. The molecule has 7 nitrogen and oxygen atoms in total. The number of aryl methyl sites for hydroxylation is 2. The highest BCUT2D eigenvalue weighted by Crippen LogP contribution is 2.35. The van der Waals surface area contributed by atoms with Gasteiger partial charge in [0.1, 0.15) is 12.1 Å². The number of hydrogen-bond donors (Lipinski definition) is 2. The Morgan fingerprint density at radius 1 is 1.00 bits per heavy atom. The zero-order chi connectivity index (χ0) is 28.4. The highest BCUT2D eigenvalue weighted by molar-refractivity contribution is 6.02. The van der Waals surface area contributed by atoms with Crippen molar-refractivity contribution in [1.82, 2.24) is 10.2 Å². The van der Waals surface area contributed by atoms with E-state index in [0.29, 0.717) is 19.4 Å². The zero-order valence-corrected chi connectivity index (χ0v) is 22.9. The number of nitrogens with zero attached hydrogens (tertiary/aromatic N) is 2. The van der Waals surface area contributed by atoms with Crippen LogP contribution in [0.3, 0.4) is 0 Å². The van der Waals surface area contributed by atoms with Crippen molar-refractivity contribution in [3.63, 3.8) is 0 Å². The summed E-state index contributed by atoms with van der Waals surface area (Å²) in [6.07, 6.45) is -0.199. The molecule has 7 heteroatoms. The summed E-state index contributed by atoms with van der Waals surface area (Å²) in [5.74, 6) is -0.713. The molecular formula is C33H33N3O4. The molecule has 1 heterocycles. The molecule has 2 N–H and O–H groups in total. The van der Waals surface area contributed by atoms with Gasteiger partial charge in [0.05, 0.1) is 6.54 Å². The van der Waals surface area contributed by atoms with Crippen LogP contribution in [0.15, 0.2) is 84.9 Å². The number of carbonyl (C=O) groups is 3. The Morgan fingerprint density at radius 3 is 2.48 bits per heavy atom. The van der Waals surface area contributed by atoms with Crippen LogP contribution in [-0.2, 0) is 22.6 Å². The third kappa shape index (κ3) is 5.27. The summed E-state index contributed by atoms with van der Waals surface area (Å²) in [4.78, 5) is 41.4. The summed E-state index contributed by atoms with van der Waals surface area (Å²) in [7, 11) is 1.35. The van der Waals surface area contributed by atoms with Gasteiger partial charge in [0.25, 0.3) is 0 Å². The van der Waals surface area contributed by atoms with Gasteiger partial charge in [-0.3, -0.25) is 14.5 Å². The Kier molecular flexibility index (Phi) is 7.56. The lowest BCUT2D eigenvalue weighted by Crippen LogP contribution is -2.53. The van der Waals surface area contributed by atoms with Crippen molar-refractivity contribution in [3.8, 4) is 11.1 Å². The molecule has 4 aromatic carbocycles. The van der Waals surface area contributed by atoms with Gasteiger partial charge >= 0.3 is 6.09 Å². The minimum atomic E-state index is -1.20. The van der Waals surface area contributed by atoms with Gasteiger partial charge in [-0.05, 0) is 71.3 Å². The van der Waals surface area contributed by atoms with E-state index in [1.165, 1.54) is 14.0 Å². The third-order valence-electron chi connectivity index (χ3n) is 7.92. The third-order valence-corrected chi connectivity index (χ3v) is 7.92. The molecule has 40 heavy (non-hydrogen) atoms. The molecule has 0 spiro atoms. The van der Waals surface area contributed by atoms with Crippen LogP contribution in [0, 0.1) is 6.92 Å². The van der Waals surface area contributed by atoms with E-state index in [2.05, 4.69) is 47.8 Å². The first-order valence-corrected chi connectivity index (χ1v) is 13.5. The van der Waals surface area contributed by atoms with Gasteiger partial charge in [-0.15, -0.1) is 0 Å². The van der Waals surface area contributed by atoms with Gasteiger partial charge in [0.2, 0.25) is 11.8 Å². The molecule has 0 fully saturated rings. The van der Waals surface area contributed by atoms with Crippen molar-refractivity contribution >= 4 is 34.4 Å². The van der Waals surface area contributed by atoms with Crippen LogP contribution in [0.25, 0.3) is 21.9 Å². The lowest BCUT2D eigenvalue weighted by Gasteiger charge is -2.29. The second kappa shape index (κ2) is 11.2. The monoisotopic (exact) mass is 535 g/mol. The van der Waals surface area contributed by atoms with E-state index >= 15 is 0 Å². The maximum atomic E-state index is 14.3. The average Bonchev–Trinajstić information content (AvgIpc) is 3.09.